The number of carbonyl (C=O) groups is 2. The average Bonchev–Trinajstić information content (AvgIpc) is 2.73. The van der Waals surface area contributed by atoms with Gasteiger partial charge in [0, 0.05) is 24.2 Å². The number of carbonyl (C=O) groups excluding carboxylic acids is 2. The first-order valence-electron chi connectivity index (χ1n) is 10.6. The molecule has 2 aromatic carbocycles. The number of anilines is 1. The highest BCUT2D eigenvalue weighted by atomic mass is 35.5. The van der Waals surface area contributed by atoms with Crippen LogP contribution in [0.15, 0.2) is 42.5 Å². The van der Waals surface area contributed by atoms with Crippen LogP contribution in [0.1, 0.15) is 51.3 Å². The van der Waals surface area contributed by atoms with Crippen molar-refractivity contribution in [2.24, 2.45) is 5.41 Å². The monoisotopic (exact) mass is 479 g/mol. The highest BCUT2D eigenvalue weighted by molar-refractivity contribution is 6.42. The normalized spacial score (nSPS) is 12.2. The van der Waals surface area contributed by atoms with E-state index < -0.39 is 11.5 Å². The lowest BCUT2D eigenvalue weighted by molar-refractivity contribution is -0.128. The quantitative estimate of drug-likeness (QED) is 0.458. The van der Waals surface area contributed by atoms with Crippen molar-refractivity contribution in [1.82, 2.24) is 10.2 Å². The van der Waals surface area contributed by atoms with Gasteiger partial charge in [0.25, 0.3) is 0 Å². The van der Waals surface area contributed by atoms with E-state index in [0.717, 1.165) is 12.0 Å². The summed E-state index contributed by atoms with van der Waals surface area (Å²) in [5.41, 5.74) is 1.71. The van der Waals surface area contributed by atoms with Gasteiger partial charge in [0.05, 0.1) is 22.7 Å². The zero-order valence-corrected chi connectivity index (χ0v) is 20.4. The Morgan fingerprint density at radius 3 is 2.28 bits per heavy atom. The molecule has 3 N–H and O–H groups in total. The van der Waals surface area contributed by atoms with Crippen LogP contribution < -0.4 is 10.6 Å². The fraction of sp³-hybridized carbons (Fsp3) is 0.417. The van der Waals surface area contributed by atoms with Crippen molar-refractivity contribution in [1.29, 1.82) is 0 Å². The van der Waals surface area contributed by atoms with Gasteiger partial charge in [-0.1, -0.05) is 69.1 Å². The summed E-state index contributed by atoms with van der Waals surface area (Å²) < 4.78 is 0. The summed E-state index contributed by atoms with van der Waals surface area (Å²) in [6, 6.07) is 11.9. The number of urea groups is 1. The Balaban J connectivity index is 1.98. The van der Waals surface area contributed by atoms with Gasteiger partial charge in [-0.3, -0.25) is 4.79 Å². The first-order chi connectivity index (χ1) is 15.0. The van der Waals surface area contributed by atoms with E-state index in [-0.39, 0.29) is 18.5 Å². The van der Waals surface area contributed by atoms with Crippen molar-refractivity contribution >= 4 is 40.8 Å². The van der Waals surface area contributed by atoms with Crippen molar-refractivity contribution in [2.75, 3.05) is 18.4 Å². The van der Waals surface area contributed by atoms with Gasteiger partial charge in [-0.25, -0.2) is 4.79 Å². The summed E-state index contributed by atoms with van der Waals surface area (Å²) in [6.07, 6.45) is -0.149. The molecule has 6 nitrogen and oxygen atoms in total. The van der Waals surface area contributed by atoms with E-state index in [2.05, 4.69) is 10.6 Å². The van der Waals surface area contributed by atoms with Crippen molar-refractivity contribution in [3.8, 4) is 0 Å². The maximum Gasteiger partial charge on any atom is 0.321 e. The summed E-state index contributed by atoms with van der Waals surface area (Å²) in [7, 11) is 0. The third-order valence-electron chi connectivity index (χ3n) is 4.84. The van der Waals surface area contributed by atoms with Crippen molar-refractivity contribution in [3.05, 3.63) is 63.6 Å². The van der Waals surface area contributed by atoms with E-state index >= 15 is 0 Å². The van der Waals surface area contributed by atoms with E-state index in [4.69, 9.17) is 23.2 Å². The zero-order chi connectivity index (χ0) is 23.9. The average molecular weight is 480 g/mol. The van der Waals surface area contributed by atoms with E-state index in [1.165, 1.54) is 0 Å². The number of rotatable bonds is 8. The summed E-state index contributed by atoms with van der Waals surface area (Å²) in [5, 5.41) is 17.1. The van der Waals surface area contributed by atoms with Crippen LogP contribution in [0, 0.1) is 5.41 Å². The molecule has 0 saturated carbocycles. The molecule has 174 valence electrons. The van der Waals surface area contributed by atoms with Gasteiger partial charge in [0.2, 0.25) is 5.91 Å². The van der Waals surface area contributed by atoms with Crippen LogP contribution in [0.5, 0.6) is 0 Å². The number of amides is 3. The summed E-state index contributed by atoms with van der Waals surface area (Å²) in [4.78, 5) is 26.4. The van der Waals surface area contributed by atoms with Gasteiger partial charge >= 0.3 is 6.03 Å². The molecule has 32 heavy (non-hydrogen) atoms. The van der Waals surface area contributed by atoms with Gasteiger partial charge in [-0.15, -0.1) is 0 Å². The molecule has 0 aliphatic carbocycles. The first kappa shape index (κ1) is 26.0. The standard InChI is InChI=1S/C24H31Cl2N3O3/c1-5-12-29(15-21(30)17-8-11-19(25)20(26)13-17)23(32)28-18-9-6-16(7-10-18)14-27-22(31)24(2,3)4/h6-11,13,21,30H,5,12,14-15H2,1-4H3,(H,27,31)(H,28,32)/t21-/m1/s1. The highest BCUT2D eigenvalue weighted by Gasteiger charge is 2.21. The lowest BCUT2D eigenvalue weighted by atomic mass is 9.95. The largest absolute Gasteiger partial charge is 0.387 e. The molecule has 0 radical (unpaired) electrons. The van der Waals surface area contributed by atoms with Gasteiger partial charge in [0.15, 0.2) is 0 Å². The number of halogens is 2. The highest BCUT2D eigenvalue weighted by Crippen LogP contribution is 2.26. The molecule has 0 aliphatic rings. The second kappa shape index (κ2) is 11.5. The van der Waals surface area contributed by atoms with Crippen LogP contribution in [-0.4, -0.2) is 35.0 Å². The van der Waals surface area contributed by atoms with Crippen LogP contribution in [-0.2, 0) is 11.3 Å². The summed E-state index contributed by atoms with van der Waals surface area (Å²) >= 11 is 12.0. The van der Waals surface area contributed by atoms with Gasteiger partial charge < -0.3 is 20.6 Å². The molecular formula is C24H31Cl2N3O3. The second-order valence-corrected chi connectivity index (χ2v) is 9.51. The molecule has 3 amide bonds. The second-order valence-electron chi connectivity index (χ2n) is 8.70. The van der Waals surface area contributed by atoms with Gasteiger partial charge in [0.1, 0.15) is 0 Å². The molecular weight excluding hydrogens is 449 g/mol. The summed E-state index contributed by atoms with van der Waals surface area (Å²) in [5.74, 6) is -0.0226. The van der Waals surface area contributed by atoms with Crippen LogP contribution in [0.25, 0.3) is 0 Å². The van der Waals surface area contributed by atoms with E-state index in [1.807, 2.05) is 39.8 Å². The molecule has 0 saturated heterocycles. The number of hydrogen-bond acceptors (Lipinski definition) is 3. The van der Waals surface area contributed by atoms with Crippen LogP contribution in [0.3, 0.4) is 0 Å². The van der Waals surface area contributed by atoms with Gasteiger partial charge in [-0.2, -0.15) is 0 Å². The lowest BCUT2D eigenvalue weighted by Gasteiger charge is -2.25. The maximum absolute atomic E-state index is 12.8. The Bertz CT molecular complexity index is 927. The topological polar surface area (TPSA) is 81.7 Å². The SMILES string of the molecule is CCCN(C[C@@H](O)c1ccc(Cl)c(Cl)c1)C(=O)Nc1ccc(CNC(=O)C(C)(C)C)cc1. The number of nitrogens with zero attached hydrogens (tertiary/aromatic N) is 1. The Morgan fingerprint density at radius 2 is 1.72 bits per heavy atom. The van der Waals surface area contributed by atoms with Crippen molar-refractivity contribution in [3.63, 3.8) is 0 Å². The molecule has 0 aromatic heterocycles. The van der Waals surface area contributed by atoms with E-state index in [1.54, 1.807) is 35.2 Å². The zero-order valence-electron chi connectivity index (χ0n) is 18.9. The minimum atomic E-state index is -0.893. The smallest absolute Gasteiger partial charge is 0.321 e. The number of benzene rings is 2. The lowest BCUT2D eigenvalue weighted by Crippen LogP contribution is -2.38. The Labute approximate surface area is 199 Å². The molecule has 0 heterocycles. The number of hydrogen-bond donors (Lipinski definition) is 3. The molecule has 2 aromatic rings. The molecule has 0 spiro atoms. The minimum absolute atomic E-state index is 0.0226. The predicted molar refractivity (Wildman–Crippen MR) is 130 cm³/mol. The molecule has 0 aliphatic heterocycles. The minimum Gasteiger partial charge on any atom is -0.387 e. The molecule has 8 heteroatoms. The van der Waals surface area contributed by atoms with Crippen molar-refractivity contribution < 1.29 is 14.7 Å². The molecule has 0 fully saturated rings. The fourth-order valence-corrected chi connectivity index (χ4v) is 3.24. The van der Waals surface area contributed by atoms with Crippen molar-refractivity contribution in [2.45, 2.75) is 46.8 Å². The molecule has 1 atom stereocenters. The van der Waals surface area contributed by atoms with E-state index in [9.17, 15) is 14.7 Å². The first-order valence-corrected chi connectivity index (χ1v) is 11.3. The predicted octanol–water partition coefficient (Wildman–Crippen LogP) is 5.63. The van der Waals surface area contributed by atoms with Crippen LogP contribution >= 0.6 is 23.2 Å². The molecule has 0 bridgehead atoms. The fourth-order valence-electron chi connectivity index (χ4n) is 2.94. The molecule has 2 rings (SSSR count). The van der Waals surface area contributed by atoms with Crippen LogP contribution in [0.4, 0.5) is 10.5 Å². The van der Waals surface area contributed by atoms with Gasteiger partial charge in [-0.05, 0) is 41.8 Å². The Hall–Kier alpha value is -2.28. The Morgan fingerprint density at radius 1 is 1.06 bits per heavy atom. The maximum atomic E-state index is 12.8. The Kier molecular flexibility index (Phi) is 9.37. The number of aliphatic hydroxyl groups is 1. The van der Waals surface area contributed by atoms with Crippen LogP contribution in [0.2, 0.25) is 10.0 Å². The number of aliphatic hydroxyl groups excluding tert-OH is 1. The number of nitrogens with one attached hydrogen (secondary N) is 2. The molecule has 0 unspecified atom stereocenters. The third-order valence-corrected chi connectivity index (χ3v) is 5.58. The summed E-state index contributed by atoms with van der Waals surface area (Å²) in [6.45, 7) is 8.58. The third kappa shape index (κ3) is 7.69. The van der Waals surface area contributed by atoms with E-state index in [0.29, 0.717) is 34.4 Å².